The van der Waals surface area contributed by atoms with Crippen LogP contribution in [0.2, 0.25) is 0 Å². The van der Waals surface area contributed by atoms with Crippen molar-refractivity contribution in [1.29, 1.82) is 0 Å². The predicted octanol–water partition coefficient (Wildman–Crippen LogP) is 3.41. The smallest absolute Gasteiger partial charge is 0.268 e. The third-order valence-corrected chi connectivity index (χ3v) is 5.06. The quantitative estimate of drug-likeness (QED) is 0.804. The summed E-state index contributed by atoms with van der Waals surface area (Å²) >= 11 is 1.78. The van der Waals surface area contributed by atoms with Crippen LogP contribution in [-0.4, -0.2) is 10.1 Å². The molecule has 0 amide bonds. The zero-order chi connectivity index (χ0) is 14.2. The van der Waals surface area contributed by atoms with E-state index in [2.05, 4.69) is 16.2 Å². The van der Waals surface area contributed by atoms with Crippen LogP contribution in [0, 0.1) is 0 Å². The molecule has 0 atom stereocenters. The lowest BCUT2D eigenvalue weighted by Gasteiger charge is -1.97. The van der Waals surface area contributed by atoms with Crippen molar-refractivity contribution in [3.05, 3.63) is 46.3 Å². The van der Waals surface area contributed by atoms with Crippen LogP contribution < -0.4 is 5.73 Å². The Morgan fingerprint density at radius 3 is 2.81 bits per heavy atom. The number of benzene rings is 1. The van der Waals surface area contributed by atoms with Crippen LogP contribution >= 0.6 is 11.3 Å². The number of hydrogen-bond donors (Lipinski definition) is 1. The van der Waals surface area contributed by atoms with Gasteiger partial charge in [-0.3, -0.25) is 0 Å². The van der Waals surface area contributed by atoms with E-state index in [4.69, 9.17) is 10.3 Å². The fourth-order valence-electron chi connectivity index (χ4n) is 2.67. The Hall–Kier alpha value is -1.98. The Morgan fingerprint density at radius 2 is 2.05 bits per heavy atom. The SMILES string of the molecule is NCc1ccc(-c2noc(-c3cc4c(s3)CCC4)n2)cc1. The normalized spacial score (nSPS) is 13.6. The third-order valence-electron chi connectivity index (χ3n) is 3.83. The first-order valence-corrected chi connectivity index (χ1v) is 7.90. The fourth-order valence-corrected chi connectivity index (χ4v) is 3.84. The van der Waals surface area contributed by atoms with Gasteiger partial charge in [0.1, 0.15) is 0 Å². The van der Waals surface area contributed by atoms with Crippen molar-refractivity contribution < 1.29 is 4.52 Å². The Morgan fingerprint density at radius 1 is 1.19 bits per heavy atom. The van der Waals surface area contributed by atoms with Gasteiger partial charge < -0.3 is 10.3 Å². The van der Waals surface area contributed by atoms with Crippen molar-refractivity contribution in [3.8, 4) is 22.2 Å². The summed E-state index contributed by atoms with van der Waals surface area (Å²) in [7, 11) is 0. The molecule has 4 rings (SSSR count). The number of hydrogen-bond acceptors (Lipinski definition) is 5. The lowest BCUT2D eigenvalue weighted by molar-refractivity contribution is 0.433. The highest BCUT2D eigenvalue weighted by Crippen LogP contribution is 2.36. The fraction of sp³-hybridized carbons (Fsp3) is 0.250. The van der Waals surface area contributed by atoms with Gasteiger partial charge in [-0.15, -0.1) is 11.3 Å². The minimum atomic E-state index is 0.540. The molecule has 0 radical (unpaired) electrons. The molecular weight excluding hydrogens is 282 g/mol. The average Bonchev–Trinajstić information content (AvgIpc) is 3.22. The largest absolute Gasteiger partial charge is 0.333 e. The molecule has 0 bridgehead atoms. The molecule has 0 spiro atoms. The number of nitrogens with zero attached hydrogens (tertiary/aromatic N) is 2. The van der Waals surface area contributed by atoms with Gasteiger partial charge in [-0.2, -0.15) is 4.98 Å². The number of fused-ring (bicyclic) bond motifs is 1. The summed E-state index contributed by atoms with van der Waals surface area (Å²) in [4.78, 5) is 7.07. The topological polar surface area (TPSA) is 64.9 Å². The second-order valence-corrected chi connectivity index (χ2v) is 6.37. The van der Waals surface area contributed by atoms with E-state index in [1.807, 2.05) is 24.3 Å². The van der Waals surface area contributed by atoms with Gasteiger partial charge in [0.2, 0.25) is 5.82 Å². The number of aryl methyl sites for hydroxylation is 2. The lowest BCUT2D eigenvalue weighted by Crippen LogP contribution is -1.95. The lowest BCUT2D eigenvalue weighted by atomic mass is 10.1. The molecule has 2 heterocycles. The van der Waals surface area contributed by atoms with Gasteiger partial charge in [-0.1, -0.05) is 29.4 Å². The van der Waals surface area contributed by atoms with E-state index in [-0.39, 0.29) is 0 Å². The van der Waals surface area contributed by atoms with E-state index in [9.17, 15) is 0 Å². The molecule has 0 unspecified atom stereocenters. The number of thiophene rings is 1. The molecule has 0 saturated carbocycles. The van der Waals surface area contributed by atoms with Crippen LogP contribution in [0.1, 0.15) is 22.4 Å². The molecule has 3 aromatic rings. The highest BCUT2D eigenvalue weighted by molar-refractivity contribution is 7.15. The highest BCUT2D eigenvalue weighted by Gasteiger charge is 2.19. The molecule has 1 aliphatic rings. The van der Waals surface area contributed by atoms with E-state index in [1.54, 1.807) is 11.3 Å². The first-order chi connectivity index (χ1) is 10.3. The number of aromatic nitrogens is 2. The molecule has 2 N–H and O–H groups in total. The minimum Gasteiger partial charge on any atom is -0.333 e. The van der Waals surface area contributed by atoms with Crippen LogP contribution in [0.3, 0.4) is 0 Å². The minimum absolute atomic E-state index is 0.540. The van der Waals surface area contributed by atoms with Gasteiger partial charge in [-0.05, 0) is 36.5 Å². The molecule has 0 aliphatic heterocycles. The Kier molecular flexibility index (Phi) is 3.09. The van der Waals surface area contributed by atoms with Gasteiger partial charge in [0.25, 0.3) is 5.89 Å². The first-order valence-electron chi connectivity index (χ1n) is 7.08. The Bertz CT molecular complexity index is 752. The van der Waals surface area contributed by atoms with E-state index in [0.717, 1.165) is 16.0 Å². The standard InChI is InChI=1S/C16H15N3OS/c17-9-10-4-6-11(7-5-10)15-18-16(20-19-15)14-8-12-2-1-3-13(12)21-14/h4-8H,1-3,9,17H2. The second kappa shape index (κ2) is 5.09. The summed E-state index contributed by atoms with van der Waals surface area (Å²) in [6, 6.07) is 10.1. The molecule has 106 valence electrons. The molecule has 21 heavy (non-hydrogen) atoms. The summed E-state index contributed by atoms with van der Waals surface area (Å²) < 4.78 is 5.42. The van der Waals surface area contributed by atoms with E-state index >= 15 is 0 Å². The maximum atomic E-state index is 5.61. The van der Waals surface area contributed by atoms with Gasteiger partial charge in [-0.25, -0.2) is 0 Å². The van der Waals surface area contributed by atoms with Crippen molar-refractivity contribution >= 4 is 11.3 Å². The van der Waals surface area contributed by atoms with Crippen LogP contribution in [0.4, 0.5) is 0 Å². The Labute approximate surface area is 126 Å². The van der Waals surface area contributed by atoms with Gasteiger partial charge >= 0.3 is 0 Å². The molecule has 0 saturated heterocycles. The average molecular weight is 297 g/mol. The molecule has 5 heteroatoms. The molecule has 1 aromatic carbocycles. The molecule has 1 aliphatic carbocycles. The number of nitrogens with two attached hydrogens (primary N) is 1. The second-order valence-electron chi connectivity index (χ2n) is 5.24. The number of rotatable bonds is 3. The van der Waals surface area contributed by atoms with Gasteiger partial charge in [0.05, 0.1) is 4.88 Å². The van der Waals surface area contributed by atoms with Crippen molar-refractivity contribution in [1.82, 2.24) is 10.1 Å². The maximum absolute atomic E-state index is 5.61. The van der Waals surface area contributed by atoms with E-state index in [1.165, 1.54) is 29.7 Å². The zero-order valence-corrected chi connectivity index (χ0v) is 12.3. The zero-order valence-electron chi connectivity index (χ0n) is 11.5. The van der Waals surface area contributed by atoms with Gasteiger partial charge in [0.15, 0.2) is 0 Å². The molecule has 4 nitrogen and oxygen atoms in total. The van der Waals surface area contributed by atoms with Crippen molar-refractivity contribution in [2.24, 2.45) is 5.73 Å². The van der Waals surface area contributed by atoms with E-state index < -0.39 is 0 Å². The van der Waals surface area contributed by atoms with Crippen molar-refractivity contribution in [2.75, 3.05) is 0 Å². The summed E-state index contributed by atoms with van der Waals surface area (Å²) in [5, 5.41) is 4.09. The third kappa shape index (κ3) is 2.28. The summed E-state index contributed by atoms with van der Waals surface area (Å²) in [6.45, 7) is 0.540. The summed E-state index contributed by atoms with van der Waals surface area (Å²) in [6.07, 6.45) is 3.62. The Balaban J connectivity index is 1.65. The van der Waals surface area contributed by atoms with Gasteiger partial charge in [0, 0.05) is 17.0 Å². The van der Waals surface area contributed by atoms with E-state index in [0.29, 0.717) is 18.3 Å². The van der Waals surface area contributed by atoms with Crippen LogP contribution in [0.15, 0.2) is 34.9 Å². The van der Waals surface area contributed by atoms with Crippen molar-refractivity contribution in [2.45, 2.75) is 25.8 Å². The summed E-state index contributed by atoms with van der Waals surface area (Å²) in [5.41, 5.74) is 9.10. The summed E-state index contributed by atoms with van der Waals surface area (Å²) in [5.74, 6) is 1.24. The molecule has 0 fully saturated rings. The molecular formula is C16H15N3OS. The van der Waals surface area contributed by atoms with Crippen LogP contribution in [0.25, 0.3) is 22.2 Å². The maximum Gasteiger partial charge on any atom is 0.268 e. The van der Waals surface area contributed by atoms with Crippen LogP contribution in [-0.2, 0) is 19.4 Å². The monoisotopic (exact) mass is 297 g/mol. The highest BCUT2D eigenvalue weighted by atomic mass is 32.1. The van der Waals surface area contributed by atoms with Crippen molar-refractivity contribution in [3.63, 3.8) is 0 Å². The van der Waals surface area contributed by atoms with Crippen LogP contribution in [0.5, 0.6) is 0 Å². The predicted molar refractivity (Wildman–Crippen MR) is 83.0 cm³/mol. The first kappa shape index (κ1) is 12.7. The molecule has 2 aromatic heterocycles.